The normalized spacial score (nSPS) is 19.4. The average molecular weight is 316 g/mol. The van der Waals surface area contributed by atoms with E-state index in [2.05, 4.69) is 5.32 Å². The zero-order valence-corrected chi connectivity index (χ0v) is 13.3. The summed E-state index contributed by atoms with van der Waals surface area (Å²) in [5.74, 6) is 0. The highest BCUT2D eigenvalue weighted by Crippen LogP contribution is 2.26. The van der Waals surface area contributed by atoms with Crippen molar-refractivity contribution in [3.63, 3.8) is 0 Å². The Morgan fingerprint density at radius 2 is 1.75 bits per heavy atom. The first kappa shape index (κ1) is 16.1. The Morgan fingerprint density at radius 3 is 2.45 bits per heavy atom. The van der Waals surface area contributed by atoms with E-state index in [1.807, 2.05) is 0 Å². The zero-order valence-electron chi connectivity index (χ0n) is 11.7. The van der Waals surface area contributed by atoms with Crippen LogP contribution in [0, 0.1) is 0 Å². The Morgan fingerprint density at radius 1 is 1.10 bits per heavy atom. The van der Waals surface area contributed by atoms with Crippen LogP contribution >= 0.6 is 23.2 Å². The Kier molecular flexibility index (Phi) is 6.63. The third-order valence-corrected chi connectivity index (χ3v) is 4.60. The molecule has 2 N–H and O–H groups in total. The molecule has 0 aliphatic heterocycles. The van der Waals surface area contributed by atoms with Crippen LogP contribution in [0.3, 0.4) is 0 Å². The third-order valence-electron chi connectivity index (χ3n) is 4.02. The van der Waals surface area contributed by atoms with Crippen LogP contribution < -0.4 is 5.32 Å². The minimum atomic E-state index is -0.605. The predicted octanol–water partition coefficient (Wildman–Crippen LogP) is 4.73. The molecule has 2 nitrogen and oxygen atoms in total. The number of halogens is 2. The van der Waals surface area contributed by atoms with Crippen molar-refractivity contribution in [1.29, 1.82) is 0 Å². The highest BCUT2D eigenvalue weighted by Gasteiger charge is 2.16. The molecule has 1 aliphatic rings. The minimum absolute atomic E-state index is 0.517. The molecule has 0 aromatic heterocycles. The monoisotopic (exact) mass is 315 g/mol. The first-order valence-corrected chi connectivity index (χ1v) is 8.29. The van der Waals surface area contributed by atoms with Gasteiger partial charge in [0.2, 0.25) is 0 Å². The summed E-state index contributed by atoms with van der Waals surface area (Å²) >= 11 is 12.1. The summed E-state index contributed by atoms with van der Waals surface area (Å²) < 4.78 is 0. The van der Waals surface area contributed by atoms with E-state index in [1.54, 1.807) is 18.2 Å². The van der Waals surface area contributed by atoms with Gasteiger partial charge in [0.25, 0.3) is 0 Å². The Hall–Kier alpha value is -0.280. The zero-order chi connectivity index (χ0) is 14.4. The van der Waals surface area contributed by atoms with Gasteiger partial charge < -0.3 is 10.4 Å². The van der Waals surface area contributed by atoms with Gasteiger partial charge in [-0.05, 0) is 31.0 Å². The van der Waals surface area contributed by atoms with Crippen LogP contribution in [0.5, 0.6) is 0 Å². The second kappa shape index (κ2) is 8.23. The molecule has 1 saturated carbocycles. The van der Waals surface area contributed by atoms with Gasteiger partial charge in [-0.15, -0.1) is 0 Å². The van der Waals surface area contributed by atoms with E-state index in [0.29, 0.717) is 28.2 Å². The molecule has 1 fully saturated rings. The first-order chi connectivity index (χ1) is 9.66. The van der Waals surface area contributed by atoms with Crippen molar-refractivity contribution >= 4 is 23.2 Å². The molecule has 112 valence electrons. The lowest BCUT2D eigenvalue weighted by Gasteiger charge is -2.23. The average Bonchev–Trinajstić information content (AvgIpc) is 2.40. The van der Waals surface area contributed by atoms with Crippen molar-refractivity contribution in [2.75, 3.05) is 6.54 Å². The summed E-state index contributed by atoms with van der Waals surface area (Å²) in [4.78, 5) is 0. The van der Waals surface area contributed by atoms with Crippen molar-refractivity contribution in [1.82, 2.24) is 5.32 Å². The third kappa shape index (κ3) is 4.92. The fourth-order valence-electron chi connectivity index (χ4n) is 2.82. The Balaban J connectivity index is 1.87. The molecule has 1 atom stereocenters. The molecule has 1 aromatic carbocycles. The number of benzene rings is 1. The standard InChI is InChI=1S/C16H23Cl2NO/c17-12-8-9-15(18)14(10-12)16(20)11-19-13-6-4-2-1-3-5-7-13/h8-10,13,16,19-20H,1-7,11H2. The number of rotatable bonds is 4. The predicted molar refractivity (Wildman–Crippen MR) is 85.5 cm³/mol. The SMILES string of the molecule is OC(CNC1CCCCCCC1)c1cc(Cl)ccc1Cl. The number of hydrogen-bond donors (Lipinski definition) is 2. The topological polar surface area (TPSA) is 32.3 Å². The van der Waals surface area contributed by atoms with Crippen LogP contribution in [0.1, 0.15) is 56.6 Å². The lowest BCUT2D eigenvalue weighted by molar-refractivity contribution is 0.167. The molecule has 2 rings (SSSR count). The number of nitrogens with one attached hydrogen (secondary N) is 1. The summed E-state index contributed by atoms with van der Waals surface area (Å²) in [6.07, 6.45) is 8.41. The highest BCUT2D eigenvalue weighted by atomic mass is 35.5. The summed E-state index contributed by atoms with van der Waals surface area (Å²) in [6.45, 7) is 0.532. The fraction of sp³-hybridized carbons (Fsp3) is 0.625. The molecule has 20 heavy (non-hydrogen) atoms. The quantitative estimate of drug-likeness (QED) is 0.842. The van der Waals surface area contributed by atoms with E-state index in [0.717, 1.165) is 0 Å². The van der Waals surface area contributed by atoms with Crippen molar-refractivity contribution < 1.29 is 5.11 Å². The van der Waals surface area contributed by atoms with Crippen LogP contribution in [0.15, 0.2) is 18.2 Å². The lowest BCUT2D eigenvalue weighted by atomic mass is 9.96. The van der Waals surface area contributed by atoms with Crippen molar-refractivity contribution in [3.8, 4) is 0 Å². The van der Waals surface area contributed by atoms with E-state index in [-0.39, 0.29) is 0 Å². The van der Waals surface area contributed by atoms with Gasteiger partial charge in [-0.25, -0.2) is 0 Å². The molecule has 0 heterocycles. The van der Waals surface area contributed by atoms with E-state index >= 15 is 0 Å². The number of hydrogen-bond acceptors (Lipinski definition) is 2. The van der Waals surface area contributed by atoms with Gasteiger partial charge in [0.15, 0.2) is 0 Å². The molecule has 0 spiro atoms. The van der Waals surface area contributed by atoms with Crippen LogP contribution in [0.4, 0.5) is 0 Å². The van der Waals surface area contributed by atoms with Gasteiger partial charge in [0, 0.05) is 28.2 Å². The van der Waals surface area contributed by atoms with Crippen molar-refractivity contribution in [3.05, 3.63) is 33.8 Å². The van der Waals surface area contributed by atoms with Crippen LogP contribution in [0.25, 0.3) is 0 Å². The highest BCUT2D eigenvalue weighted by molar-refractivity contribution is 6.33. The molecule has 4 heteroatoms. The molecule has 0 bridgehead atoms. The van der Waals surface area contributed by atoms with Crippen LogP contribution in [0.2, 0.25) is 10.0 Å². The molecule has 1 aliphatic carbocycles. The summed E-state index contributed by atoms with van der Waals surface area (Å²) in [5, 5.41) is 14.9. The Bertz CT molecular complexity index is 417. The van der Waals surface area contributed by atoms with E-state index in [9.17, 15) is 5.11 Å². The molecule has 1 aromatic rings. The molecule has 0 saturated heterocycles. The second-order valence-corrected chi connectivity index (χ2v) is 6.48. The Labute approximate surface area is 131 Å². The molecule has 0 radical (unpaired) electrons. The maximum absolute atomic E-state index is 10.3. The van der Waals surface area contributed by atoms with Gasteiger partial charge in [0.1, 0.15) is 0 Å². The summed E-state index contributed by atoms with van der Waals surface area (Å²) in [6, 6.07) is 5.73. The minimum Gasteiger partial charge on any atom is -0.387 e. The van der Waals surface area contributed by atoms with Crippen LogP contribution in [-0.4, -0.2) is 17.7 Å². The summed E-state index contributed by atoms with van der Waals surface area (Å²) in [5.41, 5.74) is 0.706. The smallest absolute Gasteiger partial charge is 0.0929 e. The van der Waals surface area contributed by atoms with Crippen LogP contribution in [-0.2, 0) is 0 Å². The first-order valence-electron chi connectivity index (χ1n) is 7.53. The van der Waals surface area contributed by atoms with Crippen molar-refractivity contribution in [2.45, 2.75) is 57.1 Å². The van der Waals surface area contributed by atoms with Gasteiger partial charge in [-0.2, -0.15) is 0 Å². The van der Waals surface area contributed by atoms with E-state index < -0.39 is 6.10 Å². The largest absolute Gasteiger partial charge is 0.387 e. The molecular formula is C16H23Cl2NO. The van der Waals surface area contributed by atoms with Gasteiger partial charge >= 0.3 is 0 Å². The van der Waals surface area contributed by atoms with E-state index in [4.69, 9.17) is 23.2 Å². The van der Waals surface area contributed by atoms with Crippen molar-refractivity contribution in [2.24, 2.45) is 0 Å². The molecular weight excluding hydrogens is 293 g/mol. The van der Waals surface area contributed by atoms with Gasteiger partial charge in [-0.1, -0.05) is 55.3 Å². The molecule has 1 unspecified atom stereocenters. The number of aliphatic hydroxyl groups is 1. The van der Waals surface area contributed by atoms with Gasteiger partial charge in [0.05, 0.1) is 6.10 Å². The second-order valence-electron chi connectivity index (χ2n) is 5.63. The van der Waals surface area contributed by atoms with E-state index in [1.165, 1.54) is 44.9 Å². The fourth-order valence-corrected chi connectivity index (χ4v) is 3.24. The lowest BCUT2D eigenvalue weighted by Crippen LogP contribution is -2.33. The molecule has 0 amide bonds. The maximum atomic E-state index is 10.3. The number of aliphatic hydroxyl groups excluding tert-OH is 1. The maximum Gasteiger partial charge on any atom is 0.0929 e. The summed E-state index contributed by atoms with van der Waals surface area (Å²) in [7, 11) is 0. The van der Waals surface area contributed by atoms with Gasteiger partial charge in [-0.3, -0.25) is 0 Å².